The Bertz CT molecular complexity index is 876. The molecule has 134 valence electrons. The molecule has 3 rings (SSSR count). The van der Waals surface area contributed by atoms with E-state index in [9.17, 15) is 4.79 Å². The molecule has 8 heteroatoms. The monoisotopic (exact) mass is 351 g/mol. The largest absolute Gasteiger partial charge is 0.349 e. The first-order valence-electron chi connectivity index (χ1n) is 8.29. The van der Waals surface area contributed by atoms with Gasteiger partial charge in [0.1, 0.15) is 0 Å². The second-order valence-electron chi connectivity index (χ2n) is 6.23. The summed E-state index contributed by atoms with van der Waals surface area (Å²) in [5.74, 6) is 1.07. The molecule has 0 bridgehead atoms. The van der Waals surface area contributed by atoms with Crippen molar-refractivity contribution in [2.45, 2.75) is 19.4 Å². The van der Waals surface area contributed by atoms with Crippen LogP contribution in [0.3, 0.4) is 0 Å². The van der Waals surface area contributed by atoms with Crippen LogP contribution in [0.4, 0.5) is 5.95 Å². The summed E-state index contributed by atoms with van der Waals surface area (Å²) in [6.45, 7) is 1.94. The number of benzene rings is 1. The SMILES string of the molecule is C[C@H](Cc1cnccn1)NC(=O)c1cccc(-c2nc(N(C)C)n[nH]2)c1. The van der Waals surface area contributed by atoms with Crippen LogP contribution in [-0.4, -0.2) is 51.2 Å². The molecule has 2 N–H and O–H groups in total. The zero-order chi connectivity index (χ0) is 18.5. The molecule has 2 aromatic heterocycles. The fourth-order valence-electron chi connectivity index (χ4n) is 2.50. The fraction of sp³-hybridized carbons (Fsp3) is 0.278. The molecular weight excluding hydrogens is 330 g/mol. The van der Waals surface area contributed by atoms with Crippen LogP contribution in [-0.2, 0) is 6.42 Å². The van der Waals surface area contributed by atoms with Crippen LogP contribution in [0.15, 0.2) is 42.9 Å². The summed E-state index contributed by atoms with van der Waals surface area (Å²) < 4.78 is 0. The summed E-state index contributed by atoms with van der Waals surface area (Å²) in [6, 6.07) is 7.23. The first-order valence-corrected chi connectivity index (χ1v) is 8.29. The first kappa shape index (κ1) is 17.5. The third-order valence-electron chi connectivity index (χ3n) is 3.78. The van der Waals surface area contributed by atoms with Gasteiger partial charge in [0.05, 0.1) is 5.69 Å². The summed E-state index contributed by atoms with van der Waals surface area (Å²) in [5, 5.41) is 10.0. The lowest BCUT2D eigenvalue weighted by Crippen LogP contribution is -2.34. The number of amides is 1. The highest BCUT2D eigenvalue weighted by Gasteiger charge is 2.13. The van der Waals surface area contributed by atoms with Gasteiger partial charge in [-0.25, -0.2) is 0 Å². The van der Waals surface area contributed by atoms with Gasteiger partial charge in [0.15, 0.2) is 5.82 Å². The minimum absolute atomic E-state index is 0.0616. The molecule has 0 aliphatic heterocycles. The first-order chi connectivity index (χ1) is 12.5. The Morgan fingerprint density at radius 1 is 1.31 bits per heavy atom. The summed E-state index contributed by atoms with van der Waals surface area (Å²) in [6.07, 6.45) is 5.60. The molecule has 26 heavy (non-hydrogen) atoms. The number of carbonyl (C=O) groups excluding carboxylic acids is 1. The van der Waals surface area contributed by atoms with Crippen molar-refractivity contribution in [3.8, 4) is 11.4 Å². The molecule has 8 nitrogen and oxygen atoms in total. The molecule has 1 aromatic carbocycles. The van der Waals surface area contributed by atoms with E-state index >= 15 is 0 Å². The molecule has 0 aliphatic rings. The van der Waals surface area contributed by atoms with Gasteiger partial charge in [0.2, 0.25) is 5.95 Å². The van der Waals surface area contributed by atoms with E-state index in [4.69, 9.17) is 0 Å². The third kappa shape index (κ3) is 4.21. The molecule has 0 saturated heterocycles. The van der Waals surface area contributed by atoms with E-state index in [0.29, 0.717) is 23.8 Å². The molecule has 0 saturated carbocycles. The van der Waals surface area contributed by atoms with E-state index in [1.165, 1.54) is 0 Å². The Morgan fingerprint density at radius 3 is 2.85 bits per heavy atom. The maximum Gasteiger partial charge on any atom is 0.251 e. The van der Waals surface area contributed by atoms with Gasteiger partial charge in [-0.2, -0.15) is 4.98 Å². The summed E-state index contributed by atoms with van der Waals surface area (Å²) in [5.41, 5.74) is 2.21. The van der Waals surface area contributed by atoms with Gasteiger partial charge in [0, 0.05) is 56.3 Å². The second-order valence-corrected chi connectivity index (χ2v) is 6.23. The van der Waals surface area contributed by atoms with Crippen LogP contribution >= 0.6 is 0 Å². The van der Waals surface area contributed by atoms with Gasteiger partial charge in [-0.3, -0.25) is 19.9 Å². The van der Waals surface area contributed by atoms with Gasteiger partial charge < -0.3 is 10.2 Å². The summed E-state index contributed by atoms with van der Waals surface area (Å²) in [4.78, 5) is 27.0. The predicted octanol–water partition coefficient (Wildman–Crippen LogP) is 1.69. The number of aromatic amines is 1. The lowest BCUT2D eigenvalue weighted by Gasteiger charge is -2.13. The summed E-state index contributed by atoms with van der Waals surface area (Å²) in [7, 11) is 3.74. The van der Waals surface area contributed by atoms with Crippen molar-refractivity contribution >= 4 is 11.9 Å². The van der Waals surface area contributed by atoms with Crippen molar-refractivity contribution in [2.75, 3.05) is 19.0 Å². The zero-order valence-electron chi connectivity index (χ0n) is 15.0. The molecule has 0 spiro atoms. The van der Waals surface area contributed by atoms with Crippen LogP contribution in [0.5, 0.6) is 0 Å². The van der Waals surface area contributed by atoms with E-state index in [2.05, 4.69) is 30.5 Å². The molecule has 0 unspecified atom stereocenters. The minimum Gasteiger partial charge on any atom is -0.349 e. The van der Waals surface area contributed by atoms with Crippen molar-refractivity contribution in [2.24, 2.45) is 0 Å². The normalized spacial score (nSPS) is 11.8. The number of H-pyrrole nitrogens is 1. The van der Waals surface area contributed by atoms with Gasteiger partial charge in [-0.15, -0.1) is 5.10 Å². The van der Waals surface area contributed by atoms with Crippen LogP contribution in [0.2, 0.25) is 0 Å². The molecule has 1 amide bonds. The second kappa shape index (κ2) is 7.73. The van der Waals surface area contributed by atoms with Crippen molar-refractivity contribution in [1.82, 2.24) is 30.5 Å². The Hall–Kier alpha value is -3.29. The highest BCUT2D eigenvalue weighted by molar-refractivity contribution is 5.95. The van der Waals surface area contributed by atoms with E-state index < -0.39 is 0 Å². The third-order valence-corrected chi connectivity index (χ3v) is 3.78. The Labute approximate surface area is 151 Å². The number of anilines is 1. The lowest BCUT2D eigenvalue weighted by atomic mass is 10.1. The van der Waals surface area contributed by atoms with Crippen molar-refractivity contribution < 1.29 is 4.79 Å². The van der Waals surface area contributed by atoms with Crippen molar-refractivity contribution in [3.63, 3.8) is 0 Å². The van der Waals surface area contributed by atoms with E-state index in [1.54, 1.807) is 30.7 Å². The average molecular weight is 351 g/mol. The standard InChI is InChI=1S/C18H21N7O/c1-12(9-15-11-19-7-8-20-15)21-17(26)14-6-4-5-13(10-14)16-22-18(24-23-16)25(2)3/h4-8,10-12H,9H2,1-3H3,(H,21,26)(H,22,23,24)/t12-/m1/s1. The van der Waals surface area contributed by atoms with Crippen molar-refractivity contribution in [1.29, 1.82) is 0 Å². The molecule has 0 radical (unpaired) electrons. The van der Waals surface area contributed by atoms with Gasteiger partial charge in [-0.1, -0.05) is 12.1 Å². The number of carbonyl (C=O) groups is 1. The van der Waals surface area contributed by atoms with Crippen LogP contribution in [0, 0.1) is 0 Å². The van der Waals surface area contributed by atoms with Gasteiger partial charge >= 0.3 is 0 Å². The van der Waals surface area contributed by atoms with Gasteiger partial charge in [-0.05, 0) is 19.1 Å². The van der Waals surface area contributed by atoms with Gasteiger partial charge in [0.25, 0.3) is 5.91 Å². The van der Waals surface area contributed by atoms with E-state index in [-0.39, 0.29) is 11.9 Å². The van der Waals surface area contributed by atoms with Crippen LogP contribution in [0.1, 0.15) is 23.0 Å². The molecule has 0 aliphatic carbocycles. The maximum atomic E-state index is 12.5. The van der Waals surface area contributed by atoms with Crippen molar-refractivity contribution in [3.05, 3.63) is 54.1 Å². The quantitative estimate of drug-likeness (QED) is 0.701. The highest BCUT2D eigenvalue weighted by atomic mass is 16.1. The number of nitrogens with zero attached hydrogens (tertiary/aromatic N) is 5. The minimum atomic E-state index is -0.143. The molecular formula is C18H21N7O. The number of rotatable bonds is 6. The molecule has 1 atom stereocenters. The average Bonchev–Trinajstić information content (AvgIpc) is 3.13. The summed E-state index contributed by atoms with van der Waals surface area (Å²) >= 11 is 0. The van der Waals surface area contributed by atoms with E-state index in [0.717, 1.165) is 11.3 Å². The van der Waals surface area contributed by atoms with Crippen LogP contribution in [0.25, 0.3) is 11.4 Å². The van der Waals surface area contributed by atoms with Crippen LogP contribution < -0.4 is 10.2 Å². The number of hydrogen-bond acceptors (Lipinski definition) is 6. The number of aromatic nitrogens is 5. The molecule has 2 heterocycles. The highest BCUT2D eigenvalue weighted by Crippen LogP contribution is 2.18. The lowest BCUT2D eigenvalue weighted by molar-refractivity contribution is 0.0940. The number of nitrogens with one attached hydrogen (secondary N) is 2. The zero-order valence-corrected chi connectivity index (χ0v) is 15.0. The Morgan fingerprint density at radius 2 is 2.15 bits per heavy atom. The fourth-order valence-corrected chi connectivity index (χ4v) is 2.50. The smallest absolute Gasteiger partial charge is 0.251 e. The molecule has 0 fully saturated rings. The Kier molecular flexibility index (Phi) is 5.21. The maximum absolute atomic E-state index is 12.5. The Balaban J connectivity index is 1.69. The topological polar surface area (TPSA) is 99.7 Å². The number of hydrogen-bond donors (Lipinski definition) is 2. The van der Waals surface area contributed by atoms with E-state index in [1.807, 2.05) is 38.1 Å². The molecule has 3 aromatic rings. The predicted molar refractivity (Wildman–Crippen MR) is 98.8 cm³/mol.